The van der Waals surface area contributed by atoms with Crippen molar-refractivity contribution < 1.29 is 9.53 Å². The monoisotopic (exact) mass is 412 g/mol. The zero-order valence-corrected chi connectivity index (χ0v) is 17.2. The lowest BCUT2D eigenvalue weighted by atomic mass is 10.0. The van der Waals surface area contributed by atoms with E-state index < -0.39 is 0 Å². The van der Waals surface area contributed by atoms with Gasteiger partial charge in [0.15, 0.2) is 0 Å². The number of rotatable bonds is 4. The molecule has 0 radical (unpaired) electrons. The van der Waals surface area contributed by atoms with Crippen molar-refractivity contribution in [1.82, 2.24) is 14.9 Å². The second-order valence-corrected chi connectivity index (χ2v) is 7.77. The largest absolute Gasteiger partial charge is 0.491 e. The molecule has 0 bridgehead atoms. The molecule has 0 aliphatic carbocycles. The van der Waals surface area contributed by atoms with Crippen LogP contribution in [0.3, 0.4) is 0 Å². The van der Waals surface area contributed by atoms with Gasteiger partial charge in [-0.3, -0.25) is 4.79 Å². The fourth-order valence-electron chi connectivity index (χ4n) is 4.03. The molecule has 0 saturated heterocycles. The summed E-state index contributed by atoms with van der Waals surface area (Å²) >= 11 is 0. The Balaban J connectivity index is 1.41. The summed E-state index contributed by atoms with van der Waals surface area (Å²) in [5.74, 6) is 0.847. The highest BCUT2D eigenvalue weighted by Crippen LogP contribution is 2.31. The van der Waals surface area contributed by atoms with Gasteiger partial charge in [0, 0.05) is 17.7 Å². The Hall–Kier alpha value is -3.64. The van der Waals surface area contributed by atoms with E-state index in [1.807, 2.05) is 41.3 Å². The molecule has 6 nitrogen and oxygen atoms in total. The van der Waals surface area contributed by atoms with Crippen LogP contribution in [-0.2, 0) is 13.0 Å². The van der Waals surface area contributed by atoms with Gasteiger partial charge in [-0.2, -0.15) is 0 Å². The van der Waals surface area contributed by atoms with Gasteiger partial charge < -0.3 is 20.4 Å². The standard InChI is InChI=1S/C25H24N4O2/c26-10-9-17-1-3-18(4-2-17)25(30)29-11-12-31-24-8-6-19(13-21(24)15-29)20-5-7-22-23(14-20)28-16-27-22/h1-8,13-14,16H,9-12,15,26H2,(H,27,28). The van der Waals surface area contributed by atoms with Crippen LogP contribution >= 0.6 is 0 Å². The first kappa shape index (κ1) is 19.3. The Morgan fingerprint density at radius 3 is 2.71 bits per heavy atom. The quantitative estimate of drug-likeness (QED) is 0.534. The highest BCUT2D eigenvalue weighted by Gasteiger charge is 2.21. The van der Waals surface area contributed by atoms with Crippen LogP contribution in [0.1, 0.15) is 21.5 Å². The van der Waals surface area contributed by atoms with Crippen LogP contribution in [0.2, 0.25) is 0 Å². The van der Waals surface area contributed by atoms with Crippen LogP contribution in [-0.4, -0.2) is 40.5 Å². The van der Waals surface area contributed by atoms with Gasteiger partial charge in [-0.15, -0.1) is 0 Å². The Bertz CT molecular complexity index is 1230. The summed E-state index contributed by atoms with van der Waals surface area (Å²) in [7, 11) is 0. The van der Waals surface area contributed by atoms with Crippen molar-refractivity contribution in [3.63, 3.8) is 0 Å². The molecular formula is C25H24N4O2. The fourth-order valence-corrected chi connectivity index (χ4v) is 4.03. The Labute approximate surface area is 180 Å². The molecule has 4 aromatic rings. The molecule has 3 aromatic carbocycles. The zero-order chi connectivity index (χ0) is 21.2. The van der Waals surface area contributed by atoms with E-state index in [9.17, 15) is 4.79 Å². The number of hydrogen-bond acceptors (Lipinski definition) is 4. The number of hydrogen-bond donors (Lipinski definition) is 2. The lowest BCUT2D eigenvalue weighted by molar-refractivity contribution is 0.0733. The molecule has 1 amide bonds. The zero-order valence-electron chi connectivity index (χ0n) is 17.2. The van der Waals surface area contributed by atoms with Gasteiger partial charge in [0.25, 0.3) is 5.91 Å². The average Bonchev–Trinajstić information content (AvgIpc) is 3.17. The van der Waals surface area contributed by atoms with E-state index in [-0.39, 0.29) is 5.91 Å². The number of aromatic nitrogens is 2. The van der Waals surface area contributed by atoms with Crippen molar-refractivity contribution >= 4 is 16.9 Å². The topological polar surface area (TPSA) is 84.2 Å². The number of nitrogens with two attached hydrogens (primary N) is 1. The fraction of sp³-hybridized carbons (Fsp3) is 0.200. The molecule has 0 unspecified atom stereocenters. The third-order valence-corrected chi connectivity index (χ3v) is 5.72. The molecule has 156 valence electrons. The van der Waals surface area contributed by atoms with E-state index in [0.717, 1.165) is 45.5 Å². The predicted octanol–water partition coefficient (Wildman–Crippen LogP) is 3.77. The summed E-state index contributed by atoms with van der Waals surface area (Å²) in [6.45, 7) is 2.14. The Kier molecular flexibility index (Phi) is 5.14. The Morgan fingerprint density at radius 2 is 1.87 bits per heavy atom. The number of H-pyrrole nitrogens is 1. The van der Waals surface area contributed by atoms with Crippen LogP contribution in [0.25, 0.3) is 22.2 Å². The molecule has 3 N–H and O–H groups in total. The van der Waals surface area contributed by atoms with Crippen LogP contribution in [0.4, 0.5) is 0 Å². The molecule has 0 atom stereocenters. The molecule has 5 rings (SSSR count). The van der Waals surface area contributed by atoms with Gasteiger partial charge in [0.05, 0.1) is 23.9 Å². The molecule has 31 heavy (non-hydrogen) atoms. The first-order chi connectivity index (χ1) is 15.2. The molecular weight excluding hydrogens is 388 g/mol. The minimum absolute atomic E-state index is 0.0139. The number of benzene rings is 3. The summed E-state index contributed by atoms with van der Waals surface area (Å²) in [4.78, 5) is 22.4. The van der Waals surface area contributed by atoms with Gasteiger partial charge in [0.1, 0.15) is 12.4 Å². The van der Waals surface area contributed by atoms with Crippen molar-refractivity contribution in [3.8, 4) is 16.9 Å². The van der Waals surface area contributed by atoms with Gasteiger partial charge in [-0.25, -0.2) is 4.98 Å². The summed E-state index contributed by atoms with van der Waals surface area (Å²) in [6.07, 6.45) is 2.51. The number of carbonyl (C=O) groups is 1. The van der Waals surface area contributed by atoms with Crippen LogP contribution in [0, 0.1) is 0 Å². The highest BCUT2D eigenvalue weighted by atomic mass is 16.5. The molecule has 0 fully saturated rings. The molecule has 2 heterocycles. The molecule has 1 aliphatic rings. The predicted molar refractivity (Wildman–Crippen MR) is 121 cm³/mol. The number of fused-ring (bicyclic) bond motifs is 2. The maximum Gasteiger partial charge on any atom is 0.254 e. The van der Waals surface area contributed by atoms with Gasteiger partial charge >= 0.3 is 0 Å². The van der Waals surface area contributed by atoms with Gasteiger partial charge in [0.2, 0.25) is 0 Å². The third-order valence-electron chi connectivity index (χ3n) is 5.72. The minimum atomic E-state index is 0.0139. The number of aromatic amines is 1. The van der Waals surface area contributed by atoms with Crippen molar-refractivity contribution in [1.29, 1.82) is 0 Å². The number of amides is 1. The maximum absolute atomic E-state index is 13.1. The molecule has 1 aromatic heterocycles. The van der Waals surface area contributed by atoms with Crippen molar-refractivity contribution in [2.45, 2.75) is 13.0 Å². The van der Waals surface area contributed by atoms with Crippen LogP contribution in [0.15, 0.2) is 67.0 Å². The van der Waals surface area contributed by atoms with E-state index in [1.165, 1.54) is 0 Å². The SMILES string of the molecule is NCCc1ccc(C(=O)N2CCOc3ccc(-c4ccc5nc[nH]c5c4)cc3C2)cc1. The summed E-state index contributed by atoms with van der Waals surface area (Å²) in [5.41, 5.74) is 12.6. The number of imidazole rings is 1. The highest BCUT2D eigenvalue weighted by molar-refractivity contribution is 5.94. The van der Waals surface area contributed by atoms with Crippen molar-refractivity contribution in [2.24, 2.45) is 5.73 Å². The van der Waals surface area contributed by atoms with E-state index in [2.05, 4.69) is 34.2 Å². The molecule has 1 aliphatic heterocycles. The van der Waals surface area contributed by atoms with E-state index >= 15 is 0 Å². The first-order valence-corrected chi connectivity index (χ1v) is 10.5. The van der Waals surface area contributed by atoms with E-state index in [0.29, 0.717) is 31.8 Å². The molecule has 6 heteroatoms. The van der Waals surface area contributed by atoms with Crippen LogP contribution < -0.4 is 10.5 Å². The van der Waals surface area contributed by atoms with Crippen LogP contribution in [0.5, 0.6) is 5.75 Å². The summed E-state index contributed by atoms with van der Waals surface area (Å²) in [6, 6.07) is 20.1. The number of ether oxygens (including phenoxy) is 1. The summed E-state index contributed by atoms with van der Waals surface area (Å²) in [5, 5.41) is 0. The molecule has 0 spiro atoms. The average molecular weight is 412 g/mol. The first-order valence-electron chi connectivity index (χ1n) is 10.5. The normalized spacial score (nSPS) is 13.5. The van der Waals surface area contributed by atoms with Gasteiger partial charge in [-0.1, -0.05) is 24.3 Å². The second kappa shape index (κ2) is 8.24. The maximum atomic E-state index is 13.1. The number of carbonyl (C=O) groups excluding carboxylic acids is 1. The van der Waals surface area contributed by atoms with Gasteiger partial charge in [-0.05, 0) is 66.1 Å². The summed E-state index contributed by atoms with van der Waals surface area (Å²) < 4.78 is 5.94. The molecule has 0 saturated carbocycles. The third kappa shape index (κ3) is 3.90. The number of nitrogens with one attached hydrogen (secondary N) is 1. The lowest BCUT2D eigenvalue weighted by Gasteiger charge is -2.20. The van der Waals surface area contributed by atoms with Crippen molar-refractivity contribution in [2.75, 3.05) is 19.7 Å². The minimum Gasteiger partial charge on any atom is -0.491 e. The van der Waals surface area contributed by atoms with E-state index in [1.54, 1.807) is 6.33 Å². The smallest absolute Gasteiger partial charge is 0.254 e. The van der Waals surface area contributed by atoms with E-state index in [4.69, 9.17) is 10.5 Å². The Morgan fingerprint density at radius 1 is 1.06 bits per heavy atom. The lowest BCUT2D eigenvalue weighted by Crippen LogP contribution is -2.32. The number of nitrogens with zero attached hydrogens (tertiary/aromatic N) is 2. The second-order valence-electron chi connectivity index (χ2n) is 7.77. The van der Waals surface area contributed by atoms with Crippen molar-refractivity contribution in [3.05, 3.63) is 83.7 Å².